The quantitative estimate of drug-likeness (QED) is 0.817. The monoisotopic (exact) mass is 292 g/mol. The lowest BCUT2D eigenvalue weighted by atomic mass is 9.82. The summed E-state index contributed by atoms with van der Waals surface area (Å²) in [5.74, 6) is -0.127. The first-order chi connectivity index (χ1) is 9.41. The third kappa shape index (κ3) is 3.13. The lowest BCUT2D eigenvalue weighted by Crippen LogP contribution is -2.41. The largest absolute Gasteiger partial charge is 0.338 e. The Hall–Kier alpha value is -1.53. The molecule has 0 heterocycles. The van der Waals surface area contributed by atoms with E-state index >= 15 is 0 Å². The van der Waals surface area contributed by atoms with Gasteiger partial charge in [-0.2, -0.15) is 5.26 Å². The van der Waals surface area contributed by atoms with Crippen molar-refractivity contribution in [3.63, 3.8) is 0 Å². The highest BCUT2D eigenvalue weighted by Gasteiger charge is 2.38. The van der Waals surface area contributed by atoms with Gasteiger partial charge in [0.1, 0.15) is 5.41 Å². The normalized spacial score (nSPS) is 12.6. The van der Waals surface area contributed by atoms with Crippen molar-refractivity contribution in [2.24, 2.45) is 5.41 Å². The number of hydrogen-bond acceptors (Lipinski definition) is 2. The topological polar surface area (TPSA) is 44.1 Å². The molecule has 0 bridgehead atoms. The Morgan fingerprint density at radius 1 is 1.45 bits per heavy atom. The van der Waals surface area contributed by atoms with E-state index in [9.17, 15) is 10.1 Å². The average molecular weight is 293 g/mol. The summed E-state index contributed by atoms with van der Waals surface area (Å²) in [7, 11) is 1.74. The number of amides is 1. The van der Waals surface area contributed by atoms with Gasteiger partial charge in [-0.25, -0.2) is 0 Å². The molecule has 0 aliphatic heterocycles. The Morgan fingerprint density at radius 3 is 2.50 bits per heavy atom. The molecule has 1 amide bonds. The maximum Gasteiger partial charge on any atom is 0.243 e. The van der Waals surface area contributed by atoms with Crippen molar-refractivity contribution in [3.8, 4) is 6.07 Å². The summed E-state index contributed by atoms with van der Waals surface area (Å²) in [5, 5.41) is 10.0. The predicted molar refractivity (Wildman–Crippen MR) is 81.3 cm³/mol. The molecule has 0 aromatic heterocycles. The first-order valence-corrected chi connectivity index (χ1v) is 7.23. The third-order valence-corrected chi connectivity index (χ3v) is 4.30. The highest BCUT2D eigenvalue weighted by atomic mass is 35.5. The van der Waals surface area contributed by atoms with E-state index in [0.717, 1.165) is 5.56 Å². The molecule has 0 radical (unpaired) electrons. The molecule has 0 N–H and O–H groups in total. The smallest absolute Gasteiger partial charge is 0.243 e. The second kappa shape index (κ2) is 6.76. The second-order valence-electron chi connectivity index (χ2n) is 5.05. The van der Waals surface area contributed by atoms with E-state index in [0.29, 0.717) is 17.9 Å². The maximum absolute atomic E-state index is 12.6. The number of rotatable bonds is 5. The minimum atomic E-state index is -0.929. The number of halogens is 1. The van der Waals surface area contributed by atoms with Crippen LogP contribution < -0.4 is 0 Å². The third-order valence-electron chi connectivity index (χ3n) is 4.06. The van der Waals surface area contributed by atoms with Crippen molar-refractivity contribution < 1.29 is 4.79 Å². The van der Waals surface area contributed by atoms with Crippen LogP contribution in [-0.4, -0.2) is 17.9 Å². The van der Waals surface area contributed by atoms with Crippen LogP contribution in [0.5, 0.6) is 0 Å². The van der Waals surface area contributed by atoms with E-state index in [4.69, 9.17) is 11.6 Å². The van der Waals surface area contributed by atoms with E-state index in [1.54, 1.807) is 18.0 Å². The van der Waals surface area contributed by atoms with Crippen LogP contribution in [-0.2, 0) is 4.79 Å². The molecule has 0 saturated heterocycles. The van der Waals surface area contributed by atoms with Crippen molar-refractivity contribution in [1.82, 2.24) is 4.90 Å². The number of benzene rings is 1. The Bertz CT molecular complexity index is 517. The Balaban J connectivity index is 3.03. The van der Waals surface area contributed by atoms with Crippen LogP contribution in [0.2, 0.25) is 5.02 Å². The number of nitriles is 1. The van der Waals surface area contributed by atoms with Gasteiger partial charge in [-0.3, -0.25) is 4.79 Å². The summed E-state index contributed by atoms with van der Waals surface area (Å²) in [4.78, 5) is 14.3. The van der Waals surface area contributed by atoms with E-state index in [1.807, 2.05) is 39.0 Å². The van der Waals surface area contributed by atoms with Gasteiger partial charge in [0, 0.05) is 12.1 Å². The fraction of sp³-hybridized carbons (Fsp3) is 0.500. The molecule has 1 unspecified atom stereocenters. The fourth-order valence-corrected chi connectivity index (χ4v) is 2.46. The number of carbonyl (C=O) groups is 1. The van der Waals surface area contributed by atoms with Crippen molar-refractivity contribution in [1.29, 1.82) is 5.26 Å². The van der Waals surface area contributed by atoms with E-state index in [2.05, 4.69) is 6.07 Å². The number of carbonyl (C=O) groups excluding carboxylic acids is 1. The fourth-order valence-electron chi connectivity index (χ4n) is 2.26. The molecular weight excluding hydrogens is 272 g/mol. The van der Waals surface area contributed by atoms with Gasteiger partial charge in [0.2, 0.25) is 5.91 Å². The van der Waals surface area contributed by atoms with Crippen LogP contribution in [0.1, 0.15) is 45.2 Å². The first-order valence-electron chi connectivity index (χ1n) is 6.85. The van der Waals surface area contributed by atoms with Gasteiger partial charge in [-0.05, 0) is 37.5 Å². The molecule has 0 aliphatic carbocycles. The molecule has 1 rings (SSSR count). The standard InChI is InChI=1S/C16H21ClN2O/c1-5-16(6-2,11-18)15(20)19(4)12(3)13-8-7-9-14(17)10-13/h7-10,12H,5-6H2,1-4H3. The van der Waals surface area contributed by atoms with Crippen LogP contribution in [0, 0.1) is 16.7 Å². The molecule has 1 aromatic rings. The molecule has 0 spiro atoms. The Labute approximate surface area is 126 Å². The van der Waals surface area contributed by atoms with Gasteiger partial charge >= 0.3 is 0 Å². The van der Waals surface area contributed by atoms with Crippen LogP contribution in [0.15, 0.2) is 24.3 Å². The molecular formula is C16H21ClN2O. The molecule has 0 aliphatic rings. The minimum absolute atomic E-state index is 0.118. The summed E-state index contributed by atoms with van der Waals surface area (Å²) in [5.41, 5.74) is 0.0362. The van der Waals surface area contributed by atoms with E-state index in [-0.39, 0.29) is 11.9 Å². The Kier molecular flexibility index (Phi) is 5.59. The predicted octanol–water partition coefficient (Wildman–Crippen LogP) is 4.19. The van der Waals surface area contributed by atoms with Crippen molar-refractivity contribution in [2.75, 3.05) is 7.05 Å². The molecule has 1 atom stereocenters. The number of nitrogens with zero attached hydrogens (tertiary/aromatic N) is 2. The molecule has 4 heteroatoms. The summed E-state index contributed by atoms with van der Waals surface area (Å²) in [6.07, 6.45) is 1.04. The van der Waals surface area contributed by atoms with Gasteiger partial charge in [0.15, 0.2) is 0 Å². The molecule has 0 fully saturated rings. The lowest BCUT2D eigenvalue weighted by molar-refractivity contribution is -0.140. The summed E-state index contributed by atoms with van der Waals surface area (Å²) in [6.45, 7) is 5.70. The van der Waals surface area contributed by atoms with Gasteiger partial charge in [-0.15, -0.1) is 0 Å². The SMILES string of the molecule is CCC(C#N)(CC)C(=O)N(C)C(C)c1cccc(Cl)c1. The molecule has 0 saturated carbocycles. The molecule has 20 heavy (non-hydrogen) atoms. The lowest BCUT2D eigenvalue weighted by Gasteiger charge is -2.32. The van der Waals surface area contributed by atoms with E-state index < -0.39 is 5.41 Å². The number of hydrogen-bond donors (Lipinski definition) is 0. The van der Waals surface area contributed by atoms with Crippen LogP contribution in [0.25, 0.3) is 0 Å². The zero-order valence-corrected chi connectivity index (χ0v) is 13.2. The van der Waals surface area contributed by atoms with Crippen LogP contribution >= 0.6 is 11.6 Å². The van der Waals surface area contributed by atoms with Gasteiger partial charge in [-0.1, -0.05) is 37.6 Å². The zero-order valence-electron chi connectivity index (χ0n) is 12.5. The highest BCUT2D eigenvalue weighted by Crippen LogP contribution is 2.31. The minimum Gasteiger partial charge on any atom is -0.338 e. The molecule has 1 aromatic carbocycles. The summed E-state index contributed by atoms with van der Waals surface area (Å²) in [6, 6.07) is 9.53. The van der Waals surface area contributed by atoms with E-state index in [1.165, 1.54) is 0 Å². The summed E-state index contributed by atoms with van der Waals surface area (Å²) < 4.78 is 0. The second-order valence-corrected chi connectivity index (χ2v) is 5.48. The molecule has 108 valence electrons. The van der Waals surface area contributed by atoms with Crippen molar-refractivity contribution in [3.05, 3.63) is 34.9 Å². The first kappa shape index (κ1) is 16.5. The van der Waals surface area contributed by atoms with Gasteiger partial charge in [0.25, 0.3) is 0 Å². The zero-order chi connectivity index (χ0) is 15.3. The highest BCUT2D eigenvalue weighted by molar-refractivity contribution is 6.30. The van der Waals surface area contributed by atoms with Gasteiger partial charge < -0.3 is 4.90 Å². The van der Waals surface area contributed by atoms with Gasteiger partial charge in [0.05, 0.1) is 12.1 Å². The maximum atomic E-state index is 12.6. The summed E-state index contributed by atoms with van der Waals surface area (Å²) >= 11 is 5.99. The Morgan fingerprint density at radius 2 is 2.05 bits per heavy atom. The van der Waals surface area contributed by atoms with Crippen LogP contribution in [0.3, 0.4) is 0 Å². The molecule has 3 nitrogen and oxygen atoms in total. The van der Waals surface area contributed by atoms with Crippen molar-refractivity contribution in [2.45, 2.75) is 39.7 Å². The average Bonchev–Trinajstić information content (AvgIpc) is 2.48. The van der Waals surface area contributed by atoms with Crippen molar-refractivity contribution >= 4 is 17.5 Å². The van der Waals surface area contributed by atoms with Crippen LogP contribution in [0.4, 0.5) is 0 Å².